The van der Waals surface area contributed by atoms with Crippen LogP contribution in [-0.4, -0.2) is 15.1 Å². The van der Waals surface area contributed by atoms with Gasteiger partial charge < -0.3 is 10.1 Å². The van der Waals surface area contributed by atoms with Gasteiger partial charge in [0.1, 0.15) is 11.6 Å². The zero-order chi connectivity index (χ0) is 11.8. The van der Waals surface area contributed by atoms with Crippen LogP contribution in [0.15, 0.2) is 24.3 Å². The summed E-state index contributed by atoms with van der Waals surface area (Å²) in [6.45, 7) is 2.04. The molecule has 0 unspecified atom stereocenters. The van der Waals surface area contributed by atoms with E-state index in [4.69, 9.17) is 0 Å². The van der Waals surface area contributed by atoms with Gasteiger partial charge in [-0.15, -0.1) is 0 Å². The van der Waals surface area contributed by atoms with Crippen LogP contribution in [-0.2, 0) is 0 Å². The quantitative estimate of drug-likeness (QED) is 0.828. The second-order valence-electron chi connectivity index (χ2n) is 4.77. The van der Waals surface area contributed by atoms with Crippen LogP contribution in [0.2, 0.25) is 0 Å². The van der Waals surface area contributed by atoms with Crippen molar-refractivity contribution in [1.29, 1.82) is 0 Å². The van der Waals surface area contributed by atoms with Crippen molar-refractivity contribution in [3.05, 3.63) is 35.8 Å². The molecule has 0 saturated heterocycles. The first-order valence-corrected chi connectivity index (χ1v) is 6.10. The highest BCUT2D eigenvalue weighted by Gasteiger charge is 2.23. The lowest BCUT2D eigenvalue weighted by atomic mass is 9.85. The molecule has 1 aromatic heterocycles. The molecule has 3 rings (SSSR count). The van der Waals surface area contributed by atoms with Crippen molar-refractivity contribution in [2.75, 3.05) is 0 Å². The number of H-pyrrole nitrogens is 1. The van der Waals surface area contributed by atoms with Gasteiger partial charge in [0.2, 0.25) is 0 Å². The normalized spacial score (nSPS) is 15.8. The minimum absolute atomic E-state index is 0.287. The van der Waals surface area contributed by atoms with Crippen molar-refractivity contribution in [2.24, 2.45) is 0 Å². The van der Waals surface area contributed by atoms with Crippen LogP contribution in [0.3, 0.4) is 0 Å². The summed E-state index contributed by atoms with van der Waals surface area (Å²) in [4.78, 5) is 8.05. The molecule has 2 aromatic rings. The number of aromatic nitrogens is 2. The van der Waals surface area contributed by atoms with Crippen LogP contribution in [0.4, 0.5) is 0 Å². The number of phenols is 1. The molecule has 1 fully saturated rings. The minimum Gasteiger partial charge on any atom is -0.508 e. The van der Waals surface area contributed by atoms with Gasteiger partial charge in [-0.1, -0.05) is 18.6 Å². The Hall–Kier alpha value is -1.77. The Kier molecular flexibility index (Phi) is 2.39. The molecule has 1 aromatic carbocycles. The number of aromatic hydroxyl groups is 1. The Morgan fingerprint density at radius 2 is 2.18 bits per heavy atom. The molecule has 0 radical (unpaired) electrons. The summed E-state index contributed by atoms with van der Waals surface area (Å²) in [6.07, 6.45) is 3.80. The Morgan fingerprint density at radius 1 is 1.35 bits per heavy atom. The third-order valence-corrected chi connectivity index (χ3v) is 3.51. The molecule has 1 aliphatic rings. The Balaban J connectivity index is 1.99. The number of imidazole rings is 1. The number of rotatable bonds is 2. The van der Waals surface area contributed by atoms with E-state index in [9.17, 15) is 5.11 Å². The third kappa shape index (κ3) is 1.82. The van der Waals surface area contributed by atoms with Crippen LogP contribution >= 0.6 is 0 Å². The molecule has 0 atom stereocenters. The monoisotopic (exact) mass is 228 g/mol. The topological polar surface area (TPSA) is 48.9 Å². The molecule has 0 amide bonds. The lowest BCUT2D eigenvalue weighted by Gasteiger charge is -2.22. The third-order valence-electron chi connectivity index (χ3n) is 3.51. The number of hydrogen-bond donors (Lipinski definition) is 2. The molecule has 3 nitrogen and oxygen atoms in total. The summed E-state index contributed by atoms with van der Waals surface area (Å²) in [6, 6.07) is 7.27. The van der Waals surface area contributed by atoms with Crippen LogP contribution in [0, 0.1) is 6.92 Å². The van der Waals surface area contributed by atoms with E-state index < -0.39 is 0 Å². The lowest BCUT2D eigenvalue weighted by Crippen LogP contribution is -2.10. The molecule has 0 aliphatic heterocycles. The van der Waals surface area contributed by atoms with E-state index in [2.05, 4.69) is 9.97 Å². The number of benzene rings is 1. The maximum absolute atomic E-state index is 9.50. The predicted molar refractivity (Wildman–Crippen MR) is 67.0 cm³/mol. The summed E-state index contributed by atoms with van der Waals surface area (Å²) in [5.41, 5.74) is 3.02. The van der Waals surface area contributed by atoms with Gasteiger partial charge in [0, 0.05) is 17.2 Å². The fourth-order valence-electron chi connectivity index (χ4n) is 2.29. The van der Waals surface area contributed by atoms with E-state index >= 15 is 0 Å². The molecule has 17 heavy (non-hydrogen) atoms. The SMILES string of the molecule is Cc1[nH]c(C2CCC2)nc1-c1cccc(O)c1. The van der Waals surface area contributed by atoms with E-state index in [0.717, 1.165) is 22.8 Å². The molecule has 1 aliphatic carbocycles. The predicted octanol–water partition coefficient (Wildman–Crippen LogP) is 3.36. The highest BCUT2D eigenvalue weighted by Crippen LogP contribution is 2.36. The highest BCUT2D eigenvalue weighted by molar-refractivity contribution is 5.63. The molecular weight excluding hydrogens is 212 g/mol. The zero-order valence-electron chi connectivity index (χ0n) is 9.90. The lowest BCUT2D eigenvalue weighted by molar-refractivity contribution is 0.404. The van der Waals surface area contributed by atoms with E-state index in [1.165, 1.54) is 19.3 Å². The molecule has 1 heterocycles. The van der Waals surface area contributed by atoms with Gasteiger partial charge in [-0.05, 0) is 31.9 Å². The van der Waals surface area contributed by atoms with Crippen molar-refractivity contribution >= 4 is 0 Å². The number of nitrogens with one attached hydrogen (secondary N) is 1. The molecule has 88 valence electrons. The van der Waals surface area contributed by atoms with Crippen LogP contribution in [0.1, 0.15) is 36.7 Å². The van der Waals surface area contributed by atoms with E-state index in [0.29, 0.717) is 5.92 Å². The van der Waals surface area contributed by atoms with Gasteiger partial charge in [-0.2, -0.15) is 0 Å². The molecule has 0 bridgehead atoms. The van der Waals surface area contributed by atoms with E-state index in [1.54, 1.807) is 12.1 Å². The van der Waals surface area contributed by atoms with Gasteiger partial charge >= 0.3 is 0 Å². The van der Waals surface area contributed by atoms with E-state index in [1.807, 2.05) is 19.1 Å². The first kappa shape index (κ1) is 10.4. The van der Waals surface area contributed by atoms with Crippen molar-refractivity contribution in [1.82, 2.24) is 9.97 Å². The van der Waals surface area contributed by atoms with Gasteiger partial charge in [0.25, 0.3) is 0 Å². The Labute approximate surface area is 101 Å². The molecule has 3 heteroatoms. The summed E-state index contributed by atoms with van der Waals surface area (Å²) in [5, 5.41) is 9.50. The Morgan fingerprint density at radius 3 is 2.82 bits per heavy atom. The number of aryl methyl sites for hydroxylation is 1. The van der Waals surface area contributed by atoms with Crippen molar-refractivity contribution in [3.8, 4) is 17.0 Å². The van der Waals surface area contributed by atoms with Crippen LogP contribution < -0.4 is 0 Å². The van der Waals surface area contributed by atoms with Gasteiger partial charge in [0.05, 0.1) is 5.69 Å². The second kappa shape index (κ2) is 3.91. The Bertz CT molecular complexity index is 541. The minimum atomic E-state index is 0.287. The molecule has 0 spiro atoms. The van der Waals surface area contributed by atoms with Gasteiger partial charge in [0.15, 0.2) is 0 Å². The highest BCUT2D eigenvalue weighted by atomic mass is 16.3. The number of phenolic OH excluding ortho intramolecular Hbond substituents is 1. The second-order valence-corrected chi connectivity index (χ2v) is 4.77. The summed E-state index contributed by atoms with van der Waals surface area (Å²) in [5.74, 6) is 2.00. The fraction of sp³-hybridized carbons (Fsp3) is 0.357. The maximum atomic E-state index is 9.50. The van der Waals surface area contributed by atoms with Crippen molar-refractivity contribution < 1.29 is 5.11 Å². The largest absolute Gasteiger partial charge is 0.508 e. The standard InChI is InChI=1S/C14H16N2O/c1-9-13(11-6-3-7-12(17)8-11)16-14(15-9)10-4-2-5-10/h3,6-8,10,17H,2,4-5H2,1H3,(H,15,16). The zero-order valence-corrected chi connectivity index (χ0v) is 9.90. The molecule has 1 saturated carbocycles. The number of aromatic amines is 1. The van der Waals surface area contributed by atoms with Crippen molar-refractivity contribution in [3.63, 3.8) is 0 Å². The summed E-state index contributed by atoms with van der Waals surface area (Å²) < 4.78 is 0. The molecular formula is C14H16N2O. The first-order chi connectivity index (χ1) is 8.24. The number of nitrogens with zero attached hydrogens (tertiary/aromatic N) is 1. The van der Waals surface area contributed by atoms with Crippen molar-refractivity contribution in [2.45, 2.75) is 32.1 Å². The molecule has 2 N–H and O–H groups in total. The maximum Gasteiger partial charge on any atom is 0.116 e. The summed E-state index contributed by atoms with van der Waals surface area (Å²) >= 11 is 0. The average Bonchev–Trinajstić information content (AvgIpc) is 2.57. The van der Waals surface area contributed by atoms with E-state index in [-0.39, 0.29) is 5.75 Å². The number of hydrogen-bond acceptors (Lipinski definition) is 2. The van der Waals surface area contributed by atoms with Gasteiger partial charge in [-0.3, -0.25) is 0 Å². The average molecular weight is 228 g/mol. The van der Waals surface area contributed by atoms with Gasteiger partial charge in [-0.25, -0.2) is 4.98 Å². The first-order valence-electron chi connectivity index (χ1n) is 6.10. The van der Waals surface area contributed by atoms with Crippen LogP contribution in [0.5, 0.6) is 5.75 Å². The summed E-state index contributed by atoms with van der Waals surface area (Å²) in [7, 11) is 0. The van der Waals surface area contributed by atoms with Crippen LogP contribution in [0.25, 0.3) is 11.3 Å². The fourth-order valence-corrected chi connectivity index (χ4v) is 2.29. The smallest absolute Gasteiger partial charge is 0.116 e.